The average molecular weight is 285 g/mol. The summed E-state index contributed by atoms with van der Waals surface area (Å²) in [6.45, 7) is 2.31. The molecule has 1 fully saturated rings. The molecule has 1 aliphatic rings. The molecule has 1 unspecified atom stereocenters. The van der Waals surface area contributed by atoms with E-state index >= 15 is 0 Å². The quantitative estimate of drug-likeness (QED) is 0.814. The molecule has 0 heterocycles. The molecular weight excluding hydrogens is 264 g/mol. The second kappa shape index (κ2) is 6.83. The molecule has 1 aromatic rings. The molecule has 1 N–H and O–H groups in total. The van der Waals surface area contributed by atoms with E-state index in [-0.39, 0.29) is 6.10 Å². The molecule has 0 amide bonds. The van der Waals surface area contributed by atoms with Crippen LogP contribution in [-0.2, 0) is 0 Å². The highest BCUT2D eigenvalue weighted by Crippen LogP contribution is 2.32. The van der Waals surface area contributed by atoms with Gasteiger partial charge in [0.15, 0.2) is 0 Å². The first kappa shape index (κ1) is 14.2. The molecular formula is C15H21ClOS. The van der Waals surface area contributed by atoms with Gasteiger partial charge in [0.2, 0.25) is 0 Å². The van der Waals surface area contributed by atoms with E-state index in [1.54, 1.807) is 11.8 Å². The lowest BCUT2D eigenvalue weighted by Gasteiger charge is -2.29. The molecule has 1 nitrogen and oxygen atoms in total. The van der Waals surface area contributed by atoms with Crippen LogP contribution in [0.25, 0.3) is 0 Å². The maximum absolute atomic E-state index is 10.2. The van der Waals surface area contributed by atoms with Gasteiger partial charge in [-0.25, -0.2) is 0 Å². The van der Waals surface area contributed by atoms with Crippen LogP contribution in [0.5, 0.6) is 0 Å². The van der Waals surface area contributed by atoms with Gasteiger partial charge in [-0.05, 0) is 42.9 Å². The van der Waals surface area contributed by atoms with Crippen LogP contribution in [0.4, 0.5) is 0 Å². The standard InChI is InChI=1S/C15H21ClOS/c1-11-5-7-12(8-6-11)15(17)10-18-14-4-2-3-13(16)9-14/h2-4,9,11-12,15,17H,5-8,10H2,1H3. The fourth-order valence-electron chi connectivity index (χ4n) is 2.55. The van der Waals surface area contributed by atoms with Crippen LogP contribution < -0.4 is 0 Å². The van der Waals surface area contributed by atoms with Gasteiger partial charge in [0.1, 0.15) is 0 Å². The van der Waals surface area contributed by atoms with Crippen molar-refractivity contribution >= 4 is 23.4 Å². The Bertz CT molecular complexity index is 375. The van der Waals surface area contributed by atoms with Crippen molar-refractivity contribution in [1.29, 1.82) is 0 Å². The Kier molecular flexibility index (Phi) is 5.40. The van der Waals surface area contributed by atoms with Crippen molar-refractivity contribution in [3.63, 3.8) is 0 Å². The van der Waals surface area contributed by atoms with Crippen molar-refractivity contribution < 1.29 is 5.11 Å². The van der Waals surface area contributed by atoms with E-state index in [1.165, 1.54) is 25.7 Å². The molecule has 1 saturated carbocycles. The predicted octanol–water partition coefficient (Wildman–Crippen LogP) is 4.62. The van der Waals surface area contributed by atoms with E-state index in [0.29, 0.717) is 5.92 Å². The van der Waals surface area contributed by atoms with Gasteiger partial charge in [-0.3, -0.25) is 0 Å². The minimum Gasteiger partial charge on any atom is -0.392 e. The van der Waals surface area contributed by atoms with Crippen molar-refractivity contribution in [1.82, 2.24) is 0 Å². The van der Waals surface area contributed by atoms with Gasteiger partial charge >= 0.3 is 0 Å². The topological polar surface area (TPSA) is 20.2 Å². The number of hydrogen-bond donors (Lipinski definition) is 1. The van der Waals surface area contributed by atoms with Crippen molar-refractivity contribution in [3.05, 3.63) is 29.3 Å². The molecule has 1 aliphatic carbocycles. The maximum atomic E-state index is 10.2. The van der Waals surface area contributed by atoms with Crippen LogP contribution in [0, 0.1) is 11.8 Å². The van der Waals surface area contributed by atoms with Crippen LogP contribution >= 0.6 is 23.4 Å². The van der Waals surface area contributed by atoms with Gasteiger partial charge in [0, 0.05) is 15.7 Å². The first-order valence-electron chi connectivity index (χ1n) is 6.71. The second-order valence-corrected chi connectivity index (χ2v) is 6.89. The molecule has 0 bridgehead atoms. The largest absolute Gasteiger partial charge is 0.392 e. The number of aliphatic hydroxyl groups is 1. The summed E-state index contributed by atoms with van der Waals surface area (Å²) in [5, 5.41) is 11.0. The number of thioether (sulfide) groups is 1. The highest BCUT2D eigenvalue weighted by atomic mass is 35.5. The van der Waals surface area contributed by atoms with E-state index in [2.05, 4.69) is 6.92 Å². The number of aliphatic hydroxyl groups excluding tert-OH is 1. The molecule has 18 heavy (non-hydrogen) atoms. The Morgan fingerprint density at radius 2 is 2.06 bits per heavy atom. The molecule has 1 aromatic carbocycles. The molecule has 0 aliphatic heterocycles. The third-order valence-corrected chi connectivity index (χ3v) is 5.15. The summed E-state index contributed by atoms with van der Waals surface area (Å²) < 4.78 is 0. The fraction of sp³-hybridized carbons (Fsp3) is 0.600. The highest BCUT2D eigenvalue weighted by molar-refractivity contribution is 7.99. The Balaban J connectivity index is 1.79. The number of hydrogen-bond acceptors (Lipinski definition) is 2. The summed E-state index contributed by atoms with van der Waals surface area (Å²) in [6, 6.07) is 7.85. The van der Waals surface area contributed by atoms with E-state index < -0.39 is 0 Å². The Labute approximate surface area is 119 Å². The molecule has 1 atom stereocenters. The Morgan fingerprint density at radius 3 is 2.72 bits per heavy atom. The van der Waals surface area contributed by atoms with Crippen LogP contribution in [-0.4, -0.2) is 17.0 Å². The van der Waals surface area contributed by atoms with Gasteiger partial charge < -0.3 is 5.11 Å². The minimum atomic E-state index is -0.179. The molecule has 2 rings (SSSR count). The van der Waals surface area contributed by atoms with E-state index in [4.69, 9.17) is 11.6 Å². The summed E-state index contributed by atoms with van der Waals surface area (Å²) in [6.07, 6.45) is 4.71. The van der Waals surface area contributed by atoms with Crippen molar-refractivity contribution in [2.24, 2.45) is 11.8 Å². The van der Waals surface area contributed by atoms with Crippen molar-refractivity contribution in [3.8, 4) is 0 Å². The molecule has 0 spiro atoms. The normalized spacial score (nSPS) is 25.9. The zero-order valence-electron chi connectivity index (χ0n) is 10.8. The van der Waals surface area contributed by atoms with E-state index in [0.717, 1.165) is 21.6 Å². The molecule has 100 valence electrons. The highest BCUT2D eigenvalue weighted by Gasteiger charge is 2.24. The van der Waals surface area contributed by atoms with Crippen molar-refractivity contribution in [2.75, 3.05) is 5.75 Å². The first-order valence-corrected chi connectivity index (χ1v) is 8.08. The average Bonchev–Trinajstić information content (AvgIpc) is 2.37. The lowest BCUT2D eigenvalue weighted by atomic mass is 9.81. The third-order valence-electron chi connectivity index (χ3n) is 3.82. The zero-order chi connectivity index (χ0) is 13.0. The predicted molar refractivity (Wildman–Crippen MR) is 79.3 cm³/mol. The minimum absolute atomic E-state index is 0.179. The lowest BCUT2D eigenvalue weighted by Crippen LogP contribution is -2.26. The Morgan fingerprint density at radius 1 is 1.33 bits per heavy atom. The fourth-order valence-corrected chi connectivity index (χ4v) is 3.82. The van der Waals surface area contributed by atoms with E-state index in [9.17, 15) is 5.11 Å². The number of halogens is 1. The Hall–Kier alpha value is -0.180. The van der Waals surface area contributed by atoms with Gasteiger partial charge in [-0.1, -0.05) is 37.4 Å². The van der Waals surface area contributed by atoms with E-state index in [1.807, 2.05) is 24.3 Å². The van der Waals surface area contributed by atoms with Gasteiger partial charge in [-0.2, -0.15) is 0 Å². The third kappa shape index (κ3) is 4.18. The first-order chi connectivity index (χ1) is 8.65. The summed E-state index contributed by atoms with van der Waals surface area (Å²) in [5.74, 6) is 2.11. The number of benzene rings is 1. The van der Waals surface area contributed by atoms with Gasteiger partial charge in [0.25, 0.3) is 0 Å². The SMILES string of the molecule is CC1CCC(C(O)CSc2cccc(Cl)c2)CC1. The zero-order valence-corrected chi connectivity index (χ0v) is 12.4. The summed E-state index contributed by atoms with van der Waals surface area (Å²) in [7, 11) is 0. The summed E-state index contributed by atoms with van der Waals surface area (Å²) >= 11 is 7.65. The molecule has 0 radical (unpaired) electrons. The monoisotopic (exact) mass is 284 g/mol. The molecule has 3 heteroatoms. The molecule has 0 saturated heterocycles. The molecule has 0 aromatic heterocycles. The van der Waals surface area contributed by atoms with Gasteiger partial charge in [0.05, 0.1) is 6.10 Å². The van der Waals surface area contributed by atoms with Crippen LogP contribution in [0.1, 0.15) is 32.6 Å². The smallest absolute Gasteiger partial charge is 0.0662 e. The second-order valence-electron chi connectivity index (χ2n) is 5.36. The lowest BCUT2D eigenvalue weighted by molar-refractivity contribution is 0.0946. The van der Waals surface area contributed by atoms with Crippen LogP contribution in [0.2, 0.25) is 5.02 Å². The van der Waals surface area contributed by atoms with Crippen molar-refractivity contribution in [2.45, 2.75) is 43.6 Å². The summed E-state index contributed by atoms with van der Waals surface area (Å²) in [5.41, 5.74) is 0. The van der Waals surface area contributed by atoms with Crippen LogP contribution in [0.3, 0.4) is 0 Å². The maximum Gasteiger partial charge on any atom is 0.0662 e. The van der Waals surface area contributed by atoms with Gasteiger partial charge in [-0.15, -0.1) is 11.8 Å². The van der Waals surface area contributed by atoms with Crippen LogP contribution in [0.15, 0.2) is 29.2 Å². The number of rotatable bonds is 4. The summed E-state index contributed by atoms with van der Waals surface area (Å²) in [4.78, 5) is 1.14.